The van der Waals surface area contributed by atoms with E-state index in [2.05, 4.69) is 10.3 Å². The lowest BCUT2D eigenvalue weighted by Crippen LogP contribution is -2.72. The highest BCUT2D eigenvalue weighted by Crippen LogP contribution is 2.57. The van der Waals surface area contributed by atoms with Gasteiger partial charge in [-0.25, -0.2) is 13.2 Å². The number of nitrogens with zero attached hydrogens (tertiary/aromatic N) is 1. The molecule has 17 heteroatoms. The molecule has 1 fully saturated rings. The molecule has 8 nitrogen and oxygen atoms in total. The van der Waals surface area contributed by atoms with Crippen molar-refractivity contribution in [3.05, 3.63) is 156 Å². The second-order valence-corrected chi connectivity index (χ2v) is 15.0. The predicted molar refractivity (Wildman–Crippen MR) is 214 cm³/mol. The first-order chi connectivity index (χ1) is 30.1. The molecule has 3 unspecified atom stereocenters. The summed E-state index contributed by atoms with van der Waals surface area (Å²) in [6.07, 6.45) is -24.7. The van der Waals surface area contributed by atoms with Crippen LogP contribution in [0, 0.1) is 0 Å². The Kier molecular flexibility index (Phi) is 16.0. The summed E-state index contributed by atoms with van der Waals surface area (Å²) >= 11 is 0. The summed E-state index contributed by atoms with van der Waals surface area (Å²) < 4.78 is 172. The minimum absolute atomic E-state index is 0.00615. The van der Waals surface area contributed by atoms with Gasteiger partial charge in [0.2, 0.25) is 12.0 Å². The molecule has 1 saturated heterocycles. The van der Waals surface area contributed by atoms with E-state index >= 15 is 13.2 Å². The van der Waals surface area contributed by atoms with Gasteiger partial charge >= 0.3 is 18.0 Å². The van der Waals surface area contributed by atoms with Crippen LogP contribution in [0.25, 0.3) is 0 Å². The summed E-state index contributed by atoms with van der Waals surface area (Å²) in [5, 5.41) is 2.18. The fraction of sp³-hybridized carbons (Fsp3) is 0.413. The molecule has 4 aromatic rings. The maximum absolute atomic E-state index is 16.7. The summed E-state index contributed by atoms with van der Waals surface area (Å²) in [4.78, 5) is 3.72. The average molecular weight is 895 g/mol. The number of hydrogen-bond donors (Lipinski definition) is 1. The summed E-state index contributed by atoms with van der Waals surface area (Å²) in [6, 6.07) is 35.7. The average Bonchev–Trinajstić information content (AvgIpc) is 3.27. The largest absolute Gasteiger partial charge is 0.447 e. The first-order valence-corrected chi connectivity index (χ1v) is 20.2. The van der Waals surface area contributed by atoms with Crippen molar-refractivity contribution in [1.29, 1.82) is 0 Å². The molecule has 0 aromatic heterocycles. The first kappa shape index (κ1) is 47.5. The predicted octanol–water partition coefficient (Wildman–Crippen LogP) is 10.2. The number of rotatable bonds is 19. The molecule has 340 valence electrons. The number of benzene rings is 4. The van der Waals surface area contributed by atoms with Crippen LogP contribution in [0.2, 0.25) is 0 Å². The highest BCUT2D eigenvalue weighted by Gasteiger charge is 2.85. The number of amidine groups is 1. The third-order valence-electron chi connectivity index (χ3n) is 10.4. The SMILES string of the molecule is CCCCN=C1NC(OC2O[C@H](COCc3ccccc3)[C@@H](OCc3ccccc3)[C@H](OCc3ccccc3)[C@H]2OCc2ccccc2)=CC(F)(C(F)(C(F)(F)F)C(F)(F)F)C1F. The number of aliphatic imine (C=N–C) groups is 1. The monoisotopic (exact) mass is 894 g/mol. The van der Waals surface area contributed by atoms with Crippen molar-refractivity contribution in [2.75, 3.05) is 13.2 Å². The summed E-state index contributed by atoms with van der Waals surface area (Å²) in [6.45, 7) is 0.896. The van der Waals surface area contributed by atoms with Crippen LogP contribution in [-0.2, 0) is 54.8 Å². The standard InChI is InChI=1S/C46H47F9N2O6/c1-2-3-24-56-41-40(47)43(48,44(49,45(50,51)52)46(53,54)55)25-36(57-41)63-42-39(61-29-34-22-14-7-15-23-34)38(60-28-33-20-12-6-13-21-33)37(59-27-32-18-10-5-11-19-32)35(62-42)30-58-26-31-16-8-4-9-17-31/h4-23,25,35,37-40,42H,2-3,24,26-30H2,1H3,(H,56,57)/t35-,37-,38+,39-,40?,42?,43?/m1/s1. The van der Waals surface area contributed by atoms with Crippen molar-refractivity contribution < 1.29 is 67.9 Å². The zero-order valence-electron chi connectivity index (χ0n) is 34.0. The normalized spacial score (nSPS) is 25.0. The van der Waals surface area contributed by atoms with Crippen LogP contribution in [0.4, 0.5) is 39.5 Å². The maximum Gasteiger partial charge on any atom is 0.435 e. The third kappa shape index (κ3) is 11.4. The van der Waals surface area contributed by atoms with E-state index in [1.807, 2.05) is 36.4 Å². The Morgan fingerprint density at radius 3 is 1.54 bits per heavy atom. The van der Waals surface area contributed by atoms with Crippen molar-refractivity contribution in [3.8, 4) is 0 Å². The van der Waals surface area contributed by atoms with Gasteiger partial charge in [-0.1, -0.05) is 135 Å². The fourth-order valence-corrected chi connectivity index (χ4v) is 7.07. The zero-order chi connectivity index (χ0) is 45.1. The molecule has 7 atom stereocenters. The van der Waals surface area contributed by atoms with E-state index < -0.39 is 78.4 Å². The van der Waals surface area contributed by atoms with Gasteiger partial charge < -0.3 is 33.7 Å². The summed E-state index contributed by atoms with van der Waals surface area (Å²) in [5.41, 5.74) is -9.40. The zero-order valence-corrected chi connectivity index (χ0v) is 34.0. The molecule has 0 spiro atoms. The van der Waals surface area contributed by atoms with Gasteiger partial charge in [0.1, 0.15) is 30.3 Å². The van der Waals surface area contributed by atoms with Crippen LogP contribution in [-0.4, -0.2) is 79.6 Å². The van der Waals surface area contributed by atoms with E-state index in [9.17, 15) is 26.3 Å². The van der Waals surface area contributed by atoms with Gasteiger partial charge in [-0.2, -0.15) is 26.3 Å². The van der Waals surface area contributed by atoms with E-state index in [0.29, 0.717) is 17.5 Å². The molecule has 6 rings (SSSR count). The Bertz CT molecular complexity index is 2050. The van der Waals surface area contributed by atoms with Crippen molar-refractivity contribution in [1.82, 2.24) is 5.32 Å². The molecule has 0 bridgehead atoms. The summed E-state index contributed by atoms with van der Waals surface area (Å²) in [5.74, 6) is -2.62. The number of unbranched alkanes of at least 4 members (excludes halogenated alkanes) is 1. The van der Waals surface area contributed by atoms with Crippen LogP contribution in [0.3, 0.4) is 0 Å². The molecule has 2 aliphatic rings. The van der Waals surface area contributed by atoms with Crippen molar-refractivity contribution in [2.45, 2.75) is 107 Å². The lowest BCUT2D eigenvalue weighted by atomic mass is 9.78. The first-order valence-electron chi connectivity index (χ1n) is 20.2. The number of alkyl halides is 9. The highest BCUT2D eigenvalue weighted by atomic mass is 19.4. The van der Waals surface area contributed by atoms with Gasteiger partial charge in [0.05, 0.1) is 33.0 Å². The lowest BCUT2D eigenvalue weighted by Gasteiger charge is -2.47. The maximum atomic E-state index is 16.7. The topological polar surface area (TPSA) is 79.8 Å². The van der Waals surface area contributed by atoms with Gasteiger partial charge in [0, 0.05) is 12.6 Å². The quantitative estimate of drug-likeness (QED) is 0.0742. The van der Waals surface area contributed by atoms with Crippen LogP contribution >= 0.6 is 0 Å². The Balaban J connectivity index is 1.45. The van der Waals surface area contributed by atoms with E-state index in [0.717, 1.165) is 11.1 Å². The Hall–Kier alpha value is -4.94. The van der Waals surface area contributed by atoms with E-state index in [-0.39, 0.29) is 46.0 Å². The van der Waals surface area contributed by atoms with Crippen molar-refractivity contribution in [2.24, 2.45) is 4.99 Å². The molecule has 0 saturated carbocycles. The molecule has 1 N–H and O–H groups in total. The molecule has 4 aromatic carbocycles. The van der Waals surface area contributed by atoms with Gasteiger partial charge in [0.25, 0.3) is 0 Å². The number of nitrogens with one attached hydrogen (secondary N) is 1. The number of hydrogen-bond acceptors (Lipinski definition) is 7. The van der Waals surface area contributed by atoms with E-state index in [1.165, 1.54) is 0 Å². The van der Waals surface area contributed by atoms with Gasteiger partial charge in [-0.3, -0.25) is 4.99 Å². The highest BCUT2D eigenvalue weighted by molar-refractivity contribution is 5.91. The van der Waals surface area contributed by atoms with Crippen LogP contribution in [0.5, 0.6) is 0 Å². The third-order valence-corrected chi connectivity index (χ3v) is 10.4. The molecular weight excluding hydrogens is 847 g/mol. The van der Waals surface area contributed by atoms with Crippen molar-refractivity contribution >= 4 is 5.84 Å². The summed E-state index contributed by atoms with van der Waals surface area (Å²) in [7, 11) is 0. The van der Waals surface area contributed by atoms with Gasteiger partial charge in [-0.15, -0.1) is 0 Å². The lowest BCUT2D eigenvalue weighted by molar-refractivity contribution is -0.373. The minimum atomic E-state index is -7.00. The van der Waals surface area contributed by atoms with Crippen LogP contribution in [0.15, 0.2) is 138 Å². The fourth-order valence-electron chi connectivity index (χ4n) is 7.07. The number of ether oxygens (including phenoxy) is 6. The molecule has 2 heterocycles. The van der Waals surface area contributed by atoms with E-state index in [1.54, 1.807) is 91.9 Å². The number of allylic oxidation sites excluding steroid dienone is 1. The Labute approximate surface area is 359 Å². The second kappa shape index (κ2) is 21.2. The molecule has 63 heavy (non-hydrogen) atoms. The van der Waals surface area contributed by atoms with Gasteiger partial charge in [-0.05, 0) is 28.7 Å². The molecule has 0 aliphatic carbocycles. The van der Waals surface area contributed by atoms with E-state index in [4.69, 9.17) is 28.4 Å². The second-order valence-electron chi connectivity index (χ2n) is 15.0. The molecule has 0 radical (unpaired) electrons. The smallest absolute Gasteiger partial charge is 0.435 e. The minimum Gasteiger partial charge on any atom is -0.447 e. The molecular formula is C46H47F9N2O6. The Morgan fingerprint density at radius 1 is 0.635 bits per heavy atom. The molecule has 0 amide bonds. The van der Waals surface area contributed by atoms with Crippen LogP contribution < -0.4 is 5.32 Å². The van der Waals surface area contributed by atoms with Gasteiger partial charge in [0.15, 0.2) is 12.1 Å². The van der Waals surface area contributed by atoms with Crippen LogP contribution in [0.1, 0.15) is 42.0 Å². The Morgan fingerprint density at radius 2 is 1.08 bits per heavy atom. The number of halogens is 9. The van der Waals surface area contributed by atoms with Crippen molar-refractivity contribution in [3.63, 3.8) is 0 Å². The molecule has 2 aliphatic heterocycles.